The maximum atomic E-state index is 13.3. The zero-order valence-electron chi connectivity index (χ0n) is 20.1. The van der Waals surface area contributed by atoms with Crippen LogP contribution in [-0.2, 0) is 16.1 Å². The van der Waals surface area contributed by atoms with Gasteiger partial charge in [0, 0.05) is 63.3 Å². The van der Waals surface area contributed by atoms with Crippen LogP contribution in [0, 0.1) is 5.92 Å². The van der Waals surface area contributed by atoms with Crippen molar-refractivity contribution in [2.75, 3.05) is 51.8 Å². The van der Waals surface area contributed by atoms with E-state index in [0.717, 1.165) is 30.5 Å². The van der Waals surface area contributed by atoms with Crippen LogP contribution in [-0.4, -0.2) is 73.5 Å². The van der Waals surface area contributed by atoms with Gasteiger partial charge < -0.3 is 19.3 Å². The summed E-state index contributed by atoms with van der Waals surface area (Å²) in [6, 6.07) is 15.7. The molecule has 8 nitrogen and oxygen atoms in total. The molecule has 182 valence electrons. The van der Waals surface area contributed by atoms with E-state index in [0.29, 0.717) is 36.8 Å². The molecule has 0 radical (unpaired) electrons. The zero-order valence-corrected chi connectivity index (χ0v) is 20.1. The highest BCUT2D eigenvalue weighted by molar-refractivity contribution is 6.01. The lowest BCUT2D eigenvalue weighted by Gasteiger charge is -2.36. The number of aromatic nitrogens is 1. The Hall–Kier alpha value is -3.65. The van der Waals surface area contributed by atoms with Gasteiger partial charge in [0.25, 0.3) is 0 Å². The smallest absolute Gasteiger partial charge is 0.228 e. The molecule has 1 unspecified atom stereocenters. The summed E-state index contributed by atoms with van der Waals surface area (Å²) in [7, 11) is 3.16. The number of methoxy groups -OCH3 is 2. The Morgan fingerprint density at radius 2 is 1.83 bits per heavy atom. The Labute approximate surface area is 205 Å². The Balaban J connectivity index is 1.21. The molecule has 3 heterocycles. The summed E-state index contributed by atoms with van der Waals surface area (Å²) in [5.41, 5.74) is 2.87. The topological polar surface area (TPSA) is 75.2 Å². The Kier molecular flexibility index (Phi) is 6.55. The van der Waals surface area contributed by atoms with Crippen molar-refractivity contribution in [2.45, 2.75) is 13.0 Å². The zero-order chi connectivity index (χ0) is 24.4. The quantitative estimate of drug-likeness (QED) is 0.547. The van der Waals surface area contributed by atoms with Gasteiger partial charge in [-0.1, -0.05) is 24.3 Å². The van der Waals surface area contributed by atoms with Gasteiger partial charge in [-0.15, -0.1) is 0 Å². The molecule has 5 rings (SSSR count). The molecule has 0 N–H and O–H groups in total. The van der Waals surface area contributed by atoms with Crippen LogP contribution in [0.2, 0.25) is 0 Å². The summed E-state index contributed by atoms with van der Waals surface area (Å²) in [4.78, 5) is 36.6. The number of ether oxygens (including phenoxy) is 2. The molecule has 1 aromatic heterocycles. The molecule has 2 aliphatic rings. The minimum absolute atomic E-state index is 0.0502. The average molecular weight is 475 g/mol. The monoisotopic (exact) mass is 474 g/mol. The largest absolute Gasteiger partial charge is 0.497 e. The van der Waals surface area contributed by atoms with Gasteiger partial charge >= 0.3 is 0 Å². The van der Waals surface area contributed by atoms with E-state index in [1.807, 2.05) is 17.2 Å². The van der Waals surface area contributed by atoms with E-state index in [9.17, 15) is 9.59 Å². The fourth-order valence-electron chi connectivity index (χ4n) is 5.03. The fourth-order valence-corrected chi connectivity index (χ4v) is 5.03. The number of pyridine rings is 1. The van der Waals surface area contributed by atoms with Crippen LogP contribution in [0.25, 0.3) is 10.9 Å². The second-order valence-corrected chi connectivity index (χ2v) is 9.04. The first-order chi connectivity index (χ1) is 17.1. The summed E-state index contributed by atoms with van der Waals surface area (Å²) >= 11 is 0. The first-order valence-electron chi connectivity index (χ1n) is 11.9. The van der Waals surface area contributed by atoms with Gasteiger partial charge in [-0.3, -0.25) is 19.5 Å². The van der Waals surface area contributed by atoms with Gasteiger partial charge in [-0.25, -0.2) is 0 Å². The van der Waals surface area contributed by atoms with E-state index in [2.05, 4.69) is 34.1 Å². The summed E-state index contributed by atoms with van der Waals surface area (Å²) in [6.07, 6.45) is 2.04. The Morgan fingerprint density at radius 3 is 2.60 bits per heavy atom. The third kappa shape index (κ3) is 4.66. The van der Waals surface area contributed by atoms with Crippen molar-refractivity contribution in [2.24, 2.45) is 5.92 Å². The first kappa shape index (κ1) is 23.1. The summed E-state index contributed by atoms with van der Waals surface area (Å²) < 4.78 is 10.8. The number of carbonyl (C=O) groups is 2. The molecule has 1 atom stereocenters. The van der Waals surface area contributed by atoms with Crippen molar-refractivity contribution in [3.8, 4) is 11.5 Å². The molecule has 0 aliphatic carbocycles. The molecule has 0 saturated carbocycles. The Morgan fingerprint density at radius 1 is 1.03 bits per heavy atom. The number of anilines is 1. The predicted octanol–water partition coefficient (Wildman–Crippen LogP) is 2.95. The van der Waals surface area contributed by atoms with Crippen molar-refractivity contribution in [1.82, 2.24) is 14.8 Å². The molecule has 8 heteroatoms. The number of benzene rings is 2. The molecule has 2 aromatic carbocycles. The van der Waals surface area contributed by atoms with Crippen molar-refractivity contribution in [3.05, 3.63) is 60.3 Å². The molecule has 2 amide bonds. The number of carbonyl (C=O) groups excluding carboxylic acids is 2. The number of piperazine rings is 1. The maximum absolute atomic E-state index is 13.3. The predicted molar refractivity (Wildman–Crippen MR) is 134 cm³/mol. The Bertz CT molecular complexity index is 1230. The van der Waals surface area contributed by atoms with Crippen LogP contribution in [0.4, 0.5) is 5.69 Å². The van der Waals surface area contributed by atoms with Crippen LogP contribution in [0.3, 0.4) is 0 Å². The summed E-state index contributed by atoms with van der Waals surface area (Å²) in [6.45, 7) is 4.06. The molecule has 2 saturated heterocycles. The third-order valence-electron chi connectivity index (χ3n) is 6.95. The molecule has 2 aliphatic heterocycles. The molecule has 3 aromatic rings. The second kappa shape index (κ2) is 9.92. The van der Waals surface area contributed by atoms with E-state index in [4.69, 9.17) is 9.47 Å². The minimum Gasteiger partial charge on any atom is -0.497 e. The summed E-state index contributed by atoms with van der Waals surface area (Å²) in [5, 5.41) is 1.14. The SMILES string of the molecule is COc1ccc(OC)c(N2CC(C(=O)N3CCN(Cc4cccc5cccnc45)CC3)CC2=O)c1. The third-order valence-corrected chi connectivity index (χ3v) is 6.95. The van der Waals surface area contributed by atoms with Gasteiger partial charge in [0.2, 0.25) is 11.8 Å². The number of hydrogen-bond donors (Lipinski definition) is 0. The molecule has 0 spiro atoms. The van der Waals surface area contributed by atoms with Gasteiger partial charge in [-0.05, 0) is 23.8 Å². The van der Waals surface area contributed by atoms with E-state index < -0.39 is 0 Å². The second-order valence-electron chi connectivity index (χ2n) is 9.04. The maximum Gasteiger partial charge on any atom is 0.228 e. The van der Waals surface area contributed by atoms with Crippen molar-refractivity contribution >= 4 is 28.4 Å². The fraction of sp³-hybridized carbons (Fsp3) is 0.370. The number of hydrogen-bond acceptors (Lipinski definition) is 6. The van der Waals surface area contributed by atoms with E-state index in [-0.39, 0.29) is 24.2 Å². The van der Waals surface area contributed by atoms with Gasteiger partial charge in [0.15, 0.2) is 0 Å². The molecular weight excluding hydrogens is 444 g/mol. The van der Waals surface area contributed by atoms with Crippen LogP contribution in [0.15, 0.2) is 54.7 Å². The highest BCUT2D eigenvalue weighted by Gasteiger charge is 2.39. The van der Waals surface area contributed by atoms with Crippen molar-refractivity contribution in [1.29, 1.82) is 0 Å². The van der Waals surface area contributed by atoms with Crippen molar-refractivity contribution < 1.29 is 19.1 Å². The number of rotatable bonds is 6. The van der Waals surface area contributed by atoms with Crippen LogP contribution in [0.5, 0.6) is 11.5 Å². The molecule has 35 heavy (non-hydrogen) atoms. The van der Waals surface area contributed by atoms with Gasteiger partial charge in [-0.2, -0.15) is 0 Å². The van der Waals surface area contributed by atoms with Crippen LogP contribution in [0.1, 0.15) is 12.0 Å². The lowest BCUT2D eigenvalue weighted by molar-refractivity contribution is -0.137. The lowest BCUT2D eigenvalue weighted by Crippen LogP contribution is -2.50. The van der Waals surface area contributed by atoms with E-state index in [1.54, 1.807) is 37.3 Å². The van der Waals surface area contributed by atoms with Gasteiger partial charge in [0.1, 0.15) is 11.5 Å². The standard InChI is InChI=1S/C27H30N4O4/c1-34-22-8-9-24(35-2)23(16-22)31-18-21(15-25(31)32)27(33)30-13-11-29(12-14-30)17-20-6-3-5-19-7-4-10-28-26(19)20/h3-10,16,21H,11-15,17-18H2,1-2H3. The number of amides is 2. The minimum atomic E-state index is -0.354. The first-order valence-corrected chi connectivity index (χ1v) is 11.9. The average Bonchev–Trinajstić information content (AvgIpc) is 3.29. The van der Waals surface area contributed by atoms with E-state index >= 15 is 0 Å². The molecular formula is C27H30N4O4. The summed E-state index contributed by atoms with van der Waals surface area (Å²) in [5.74, 6) is 0.850. The highest BCUT2D eigenvalue weighted by Crippen LogP contribution is 2.36. The normalized spacial score (nSPS) is 18.8. The highest BCUT2D eigenvalue weighted by atomic mass is 16.5. The molecule has 2 fully saturated rings. The number of para-hydroxylation sites is 1. The van der Waals surface area contributed by atoms with Crippen molar-refractivity contribution in [3.63, 3.8) is 0 Å². The number of fused-ring (bicyclic) bond motifs is 1. The van der Waals surface area contributed by atoms with Crippen LogP contribution < -0.4 is 14.4 Å². The van der Waals surface area contributed by atoms with Gasteiger partial charge in [0.05, 0.1) is 31.3 Å². The molecule has 0 bridgehead atoms. The number of nitrogens with zero attached hydrogens (tertiary/aromatic N) is 4. The van der Waals surface area contributed by atoms with E-state index in [1.165, 1.54) is 5.56 Å². The lowest BCUT2D eigenvalue weighted by atomic mass is 10.1. The van der Waals surface area contributed by atoms with Crippen LogP contribution >= 0.6 is 0 Å².